The molecule has 0 amide bonds. The molecule has 0 saturated heterocycles. The lowest BCUT2D eigenvalue weighted by Gasteiger charge is -2.30. The van der Waals surface area contributed by atoms with Crippen LogP contribution in [-0.2, 0) is 17.8 Å². The molecule has 1 aromatic rings. The van der Waals surface area contributed by atoms with E-state index >= 15 is 0 Å². The summed E-state index contributed by atoms with van der Waals surface area (Å²) < 4.78 is 1.78. The van der Waals surface area contributed by atoms with Crippen molar-refractivity contribution in [1.82, 2.24) is 14.8 Å². The Morgan fingerprint density at radius 1 is 1.40 bits per heavy atom. The number of hydrogen-bond donors (Lipinski definition) is 1. The van der Waals surface area contributed by atoms with E-state index in [4.69, 9.17) is 5.73 Å². The van der Waals surface area contributed by atoms with Gasteiger partial charge in [0.2, 0.25) is 0 Å². The Kier molecular flexibility index (Phi) is 6.33. The van der Waals surface area contributed by atoms with Crippen LogP contribution in [0.2, 0.25) is 0 Å². The number of carbonyl (C=O) groups is 1. The van der Waals surface area contributed by atoms with Gasteiger partial charge < -0.3 is 5.73 Å². The fourth-order valence-electron chi connectivity index (χ4n) is 2.50. The number of hydrogen-bond acceptors (Lipinski definition) is 4. The SMILES string of the molecule is CCn1ncnc1CC(=O)CCC(CCN)C(C)(C)C. The summed E-state index contributed by atoms with van der Waals surface area (Å²) in [4.78, 5) is 16.3. The highest BCUT2D eigenvalue weighted by Gasteiger charge is 2.24. The Morgan fingerprint density at radius 2 is 2.10 bits per heavy atom. The maximum Gasteiger partial charge on any atom is 0.140 e. The van der Waals surface area contributed by atoms with Crippen molar-refractivity contribution in [1.29, 1.82) is 0 Å². The van der Waals surface area contributed by atoms with Crippen LogP contribution >= 0.6 is 0 Å². The summed E-state index contributed by atoms with van der Waals surface area (Å²) >= 11 is 0. The largest absolute Gasteiger partial charge is 0.330 e. The molecule has 1 unspecified atom stereocenters. The normalized spacial score (nSPS) is 13.4. The fraction of sp³-hybridized carbons (Fsp3) is 0.800. The second-order valence-corrected chi connectivity index (χ2v) is 6.39. The lowest BCUT2D eigenvalue weighted by atomic mass is 9.76. The van der Waals surface area contributed by atoms with Crippen molar-refractivity contribution in [3.8, 4) is 0 Å². The summed E-state index contributed by atoms with van der Waals surface area (Å²) in [6, 6.07) is 0. The summed E-state index contributed by atoms with van der Waals surface area (Å²) in [6.07, 6.45) is 4.37. The standard InChI is InChI=1S/C15H28N4O/c1-5-19-14(17-11-18-19)10-13(20)7-6-12(8-9-16)15(2,3)4/h11-12H,5-10,16H2,1-4H3. The number of ketones is 1. The van der Waals surface area contributed by atoms with E-state index < -0.39 is 0 Å². The molecule has 1 rings (SSSR count). The third kappa shape index (κ3) is 5.04. The van der Waals surface area contributed by atoms with E-state index in [1.54, 1.807) is 4.68 Å². The zero-order valence-electron chi connectivity index (χ0n) is 13.2. The second kappa shape index (κ2) is 7.53. The van der Waals surface area contributed by atoms with E-state index in [0.717, 1.165) is 25.2 Å². The molecule has 0 aliphatic heterocycles. The molecule has 0 bridgehead atoms. The molecule has 5 nitrogen and oxygen atoms in total. The maximum absolute atomic E-state index is 12.1. The van der Waals surface area contributed by atoms with Crippen LogP contribution < -0.4 is 5.73 Å². The molecule has 1 atom stereocenters. The van der Waals surface area contributed by atoms with E-state index in [9.17, 15) is 4.79 Å². The Morgan fingerprint density at radius 3 is 2.65 bits per heavy atom. The van der Waals surface area contributed by atoms with Crippen molar-refractivity contribution in [2.24, 2.45) is 17.1 Å². The summed E-state index contributed by atoms with van der Waals surface area (Å²) in [5, 5.41) is 4.09. The summed E-state index contributed by atoms with van der Waals surface area (Å²) in [7, 11) is 0. The van der Waals surface area contributed by atoms with Crippen molar-refractivity contribution in [2.45, 2.75) is 59.9 Å². The first-order valence-corrected chi connectivity index (χ1v) is 7.47. The number of Topliss-reactive ketones (excluding diaryl/α,β-unsaturated/α-hetero) is 1. The first kappa shape index (κ1) is 16.8. The molecule has 0 aromatic carbocycles. The van der Waals surface area contributed by atoms with Crippen molar-refractivity contribution < 1.29 is 4.79 Å². The summed E-state index contributed by atoms with van der Waals surface area (Å²) in [5.41, 5.74) is 5.87. The molecule has 1 heterocycles. The molecule has 5 heteroatoms. The highest BCUT2D eigenvalue weighted by atomic mass is 16.1. The lowest BCUT2D eigenvalue weighted by Crippen LogP contribution is -2.24. The topological polar surface area (TPSA) is 73.8 Å². The van der Waals surface area contributed by atoms with Gasteiger partial charge in [-0.1, -0.05) is 20.8 Å². The first-order valence-electron chi connectivity index (χ1n) is 7.47. The Balaban J connectivity index is 2.50. The van der Waals surface area contributed by atoms with Gasteiger partial charge in [0.25, 0.3) is 0 Å². The van der Waals surface area contributed by atoms with Crippen LogP contribution in [0.25, 0.3) is 0 Å². The smallest absolute Gasteiger partial charge is 0.140 e. The van der Waals surface area contributed by atoms with Gasteiger partial charge in [-0.05, 0) is 37.6 Å². The van der Waals surface area contributed by atoms with Crippen LogP contribution in [0, 0.1) is 11.3 Å². The number of rotatable bonds is 8. The first-order chi connectivity index (χ1) is 9.38. The number of aryl methyl sites for hydroxylation is 1. The second-order valence-electron chi connectivity index (χ2n) is 6.39. The molecular formula is C15H28N4O. The van der Waals surface area contributed by atoms with Crippen molar-refractivity contribution in [3.05, 3.63) is 12.2 Å². The zero-order chi connectivity index (χ0) is 15.2. The molecule has 2 N–H and O–H groups in total. The van der Waals surface area contributed by atoms with Gasteiger partial charge in [-0.15, -0.1) is 0 Å². The van der Waals surface area contributed by atoms with Gasteiger partial charge in [-0.25, -0.2) is 9.67 Å². The van der Waals surface area contributed by atoms with Crippen LogP contribution in [0.5, 0.6) is 0 Å². The van der Waals surface area contributed by atoms with Gasteiger partial charge in [-0.2, -0.15) is 5.10 Å². The summed E-state index contributed by atoms with van der Waals surface area (Å²) in [6.45, 7) is 10.1. The van der Waals surface area contributed by atoms with E-state index in [1.807, 2.05) is 6.92 Å². The van der Waals surface area contributed by atoms with E-state index in [1.165, 1.54) is 6.33 Å². The van der Waals surface area contributed by atoms with E-state index in [-0.39, 0.29) is 11.2 Å². The van der Waals surface area contributed by atoms with Gasteiger partial charge >= 0.3 is 0 Å². The van der Waals surface area contributed by atoms with Crippen molar-refractivity contribution in [3.63, 3.8) is 0 Å². The van der Waals surface area contributed by atoms with Crippen LogP contribution in [-0.4, -0.2) is 27.1 Å². The average molecular weight is 280 g/mol. The van der Waals surface area contributed by atoms with Gasteiger partial charge in [-0.3, -0.25) is 4.79 Å². The predicted octanol–water partition coefficient (Wildman–Crippen LogP) is 2.20. The molecule has 0 saturated carbocycles. The molecule has 20 heavy (non-hydrogen) atoms. The van der Waals surface area contributed by atoms with E-state index in [0.29, 0.717) is 25.3 Å². The Hall–Kier alpha value is -1.23. The number of aromatic nitrogens is 3. The average Bonchev–Trinajstić information content (AvgIpc) is 2.80. The molecular weight excluding hydrogens is 252 g/mol. The van der Waals surface area contributed by atoms with Crippen molar-refractivity contribution >= 4 is 5.78 Å². The van der Waals surface area contributed by atoms with Gasteiger partial charge in [0.05, 0.1) is 6.42 Å². The van der Waals surface area contributed by atoms with Crippen LogP contribution in [0.15, 0.2) is 6.33 Å². The Labute approximate surface area is 122 Å². The minimum Gasteiger partial charge on any atom is -0.330 e. The van der Waals surface area contributed by atoms with Gasteiger partial charge in [0, 0.05) is 13.0 Å². The molecule has 0 radical (unpaired) electrons. The van der Waals surface area contributed by atoms with Gasteiger partial charge in [0.15, 0.2) is 0 Å². The fourth-order valence-corrected chi connectivity index (χ4v) is 2.50. The summed E-state index contributed by atoms with van der Waals surface area (Å²) in [5.74, 6) is 1.49. The third-order valence-corrected chi connectivity index (χ3v) is 3.86. The molecule has 0 spiro atoms. The van der Waals surface area contributed by atoms with Gasteiger partial charge in [0.1, 0.15) is 17.9 Å². The molecule has 1 aromatic heterocycles. The zero-order valence-corrected chi connectivity index (χ0v) is 13.2. The Bertz CT molecular complexity index is 420. The minimum absolute atomic E-state index is 0.198. The molecule has 0 fully saturated rings. The number of carbonyl (C=O) groups excluding carboxylic acids is 1. The number of nitrogens with zero attached hydrogens (tertiary/aromatic N) is 3. The molecule has 0 aliphatic rings. The molecule has 0 aliphatic carbocycles. The minimum atomic E-state index is 0.198. The van der Waals surface area contributed by atoms with Crippen LogP contribution in [0.3, 0.4) is 0 Å². The quantitative estimate of drug-likeness (QED) is 0.792. The highest BCUT2D eigenvalue weighted by Crippen LogP contribution is 2.32. The number of nitrogens with two attached hydrogens (primary N) is 1. The van der Waals surface area contributed by atoms with E-state index in [2.05, 4.69) is 30.9 Å². The maximum atomic E-state index is 12.1. The van der Waals surface area contributed by atoms with Crippen molar-refractivity contribution in [2.75, 3.05) is 6.54 Å². The van der Waals surface area contributed by atoms with Crippen LogP contribution in [0.4, 0.5) is 0 Å². The molecule has 114 valence electrons. The highest BCUT2D eigenvalue weighted by molar-refractivity contribution is 5.80. The lowest BCUT2D eigenvalue weighted by molar-refractivity contribution is -0.119. The predicted molar refractivity (Wildman–Crippen MR) is 80.3 cm³/mol. The third-order valence-electron chi connectivity index (χ3n) is 3.86. The monoisotopic (exact) mass is 280 g/mol. The van der Waals surface area contributed by atoms with Crippen LogP contribution in [0.1, 0.15) is 52.8 Å².